The molecule has 0 saturated carbocycles. The van der Waals surface area contributed by atoms with E-state index in [9.17, 15) is 0 Å². The molecule has 1 aromatic heterocycles. The average molecular weight is 151 g/mol. The van der Waals surface area contributed by atoms with Crippen molar-refractivity contribution in [2.75, 3.05) is 0 Å². The first kappa shape index (κ1) is 8.17. The third kappa shape index (κ3) is 2.00. The third-order valence-electron chi connectivity index (χ3n) is 1.65. The van der Waals surface area contributed by atoms with E-state index >= 15 is 0 Å². The van der Waals surface area contributed by atoms with Crippen LogP contribution in [0.4, 0.5) is 0 Å². The zero-order chi connectivity index (χ0) is 8.27. The Morgan fingerprint density at radius 1 is 1.55 bits per heavy atom. The maximum Gasteiger partial charge on any atom is 0.0447 e. The van der Waals surface area contributed by atoms with Crippen LogP contribution in [0.25, 0.3) is 0 Å². The molecule has 60 valence electrons. The molecule has 3 N–H and O–H groups in total. The smallest absolute Gasteiger partial charge is 0.0447 e. The summed E-state index contributed by atoms with van der Waals surface area (Å²) in [5.41, 5.74) is 4.94. The molecular formula is C8H13N3. The van der Waals surface area contributed by atoms with Crippen molar-refractivity contribution in [1.29, 1.82) is 0 Å². The van der Waals surface area contributed by atoms with Gasteiger partial charge in [0.1, 0.15) is 0 Å². The number of aromatic nitrogens is 1. The van der Waals surface area contributed by atoms with Crippen LogP contribution in [0.2, 0.25) is 0 Å². The van der Waals surface area contributed by atoms with Crippen molar-refractivity contribution in [3.63, 3.8) is 0 Å². The van der Waals surface area contributed by atoms with Crippen molar-refractivity contribution in [3.05, 3.63) is 29.6 Å². The van der Waals surface area contributed by atoms with Crippen molar-refractivity contribution in [3.8, 4) is 0 Å². The van der Waals surface area contributed by atoms with Crippen LogP contribution in [0.3, 0.4) is 0 Å². The van der Waals surface area contributed by atoms with E-state index in [0.29, 0.717) is 0 Å². The third-order valence-corrected chi connectivity index (χ3v) is 1.65. The van der Waals surface area contributed by atoms with Gasteiger partial charge in [-0.2, -0.15) is 0 Å². The quantitative estimate of drug-likeness (QED) is 0.488. The molecular weight excluding hydrogens is 138 g/mol. The second-order valence-corrected chi connectivity index (χ2v) is 2.68. The lowest BCUT2D eigenvalue weighted by molar-refractivity contribution is 0.600. The predicted octanol–water partition coefficient (Wildman–Crippen LogP) is 0.914. The highest BCUT2D eigenvalue weighted by Crippen LogP contribution is 2.10. The molecule has 1 atom stereocenters. The number of hydrazine groups is 1. The highest BCUT2D eigenvalue weighted by molar-refractivity contribution is 5.19. The minimum absolute atomic E-state index is 0.169. The van der Waals surface area contributed by atoms with E-state index in [-0.39, 0.29) is 6.04 Å². The summed E-state index contributed by atoms with van der Waals surface area (Å²) in [6.07, 6.45) is 3.64. The Bertz CT molecular complexity index is 235. The van der Waals surface area contributed by atoms with E-state index in [1.165, 1.54) is 0 Å². The summed E-state index contributed by atoms with van der Waals surface area (Å²) >= 11 is 0. The monoisotopic (exact) mass is 151 g/mol. The molecule has 1 unspecified atom stereocenters. The number of nitrogens with zero attached hydrogens (tertiary/aromatic N) is 1. The van der Waals surface area contributed by atoms with Gasteiger partial charge in [0.15, 0.2) is 0 Å². The summed E-state index contributed by atoms with van der Waals surface area (Å²) in [7, 11) is 0. The molecule has 0 aromatic carbocycles. The van der Waals surface area contributed by atoms with E-state index in [1.807, 2.05) is 26.2 Å². The van der Waals surface area contributed by atoms with Crippen LogP contribution in [0.1, 0.15) is 24.1 Å². The van der Waals surface area contributed by atoms with E-state index < -0.39 is 0 Å². The molecule has 0 aliphatic heterocycles. The lowest BCUT2D eigenvalue weighted by Gasteiger charge is -2.09. The van der Waals surface area contributed by atoms with Crippen LogP contribution in [-0.4, -0.2) is 4.98 Å². The van der Waals surface area contributed by atoms with Gasteiger partial charge in [0.2, 0.25) is 0 Å². The maximum atomic E-state index is 5.28. The standard InChI is InChI=1S/C8H13N3/c1-6-3-8(5-10-4-6)7(2)11-9/h3-5,7,11H,9H2,1-2H3. The van der Waals surface area contributed by atoms with Crippen molar-refractivity contribution in [2.24, 2.45) is 5.84 Å². The largest absolute Gasteiger partial charge is 0.271 e. The second-order valence-electron chi connectivity index (χ2n) is 2.68. The fourth-order valence-corrected chi connectivity index (χ4v) is 0.911. The molecule has 3 heteroatoms. The number of aryl methyl sites for hydroxylation is 1. The van der Waals surface area contributed by atoms with Gasteiger partial charge in [0, 0.05) is 18.4 Å². The van der Waals surface area contributed by atoms with E-state index in [4.69, 9.17) is 5.84 Å². The molecule has 0 radical (unpaired) electrons. The minimum atomic E-state index is 0.169. The van der Waals surface area contributed by atoms with Gasteiger partial charge in [0.05, 0.1) is 0 Å². The molecule has 3 nitrogen and oxygen atoms in total. The van der Waals surface area contributed by atoms with E-state index in [1.54, 1.807) is 0 Å². The number of hydrogen-bond acceptors (Lipinski definition) is 3. The fourth-order valence-electron chi connectivity index (χ4n) is 0.911. The Morgan fingerprint density at radius 2 is 2.27 bits per heavy atom. The molecule has 0 amide bonds. The Hall–Kier alpha value is -0.930. The summed E-state index contributed by atoms with van der Waals surface area (Å²) < 4.78 is 0. The van der Waals surface area contributed by atoms with Crippen LogP contribution < -0.4 is 11.3 Å². The zero-order valence-corrected chi connectivity index (χ0v) is 6.83. The SMILES string of the molecule is Cc1cncc(C(C)NN)c1. The van der Waals surface area contributed by atoms with Gasteiger partial charge >= 0.3 is 0 Å². The topological polar surface area (TPSA) is 50.9 Å². The Kier molecular flexibility index (Phi) is 2.57. The lowest BCUT2D eigenvalue weighted by atomic mass is 10.1. The maximum absolute atomic E-state index is 5.28. The first-order valence-corrected chi connectivity index (χ1v) is 3.61. The van der Waals surface area contributed by atoms with E-state index in [0.717, 1.165) is 11.1 Å². The van der Waals surface area contributed by atoms with Crippen molar-refractivity contribution >= 4 is 0 Å². The Labute approximate surface area is 66.6 Å². The molecule has 0 bridgehead atoms. The average Bonchev–Trinajstić information content (AvgIpc) is 2.03. The molecule has 0 aliphatic rings. The summed E-state index contributed by atoms with van der Waals surface area (Å²) in [6, 6.07) is 2.24. The molecule has 1 heterocycles. The Morgan fingerprint density at radius 3 is 2.82 bits per heavy atom. The molecule has 0 aliphatic carbocycles. The summed E-state index contributed by atoms with van der Waals surface area (Å²) in [5.74, 6) is 5.28. The lowest BCUT2D eigenvalue weighted by Crippen LogP contribution is -2.25. The van der Waals surface area contributed by atoms with Gasteiger partial charge in [-0.25, -0.2) is 0 Å². The normalized spacial score (nSPS) is 13.0. The van der Waals surface area contributed by atoms with Gasteiger partial charge in [-0.15, -0.1) is 0 Å². The second kappa shape index (κ2) is 3.46. The fraction of sp³-hybridized carbons (Fsp3) is 0.375. The van der Waals surface area contributed by atoms with Crippen LogP contribution in [0, 0.1) is 6.92 Å². The number of rotatable bonds is 2. The first-order valence-electron chi connectivity index (χ1n) is 3.61. The van der Waals surface area contributed by atoms with Crippen molar-refractivity contribution in [2.45, 2.75) is 19.9 Å². The highest BCUT2D eigenvalue weighted by Gasteiger charge is 2.01. The predicted molar refractivity (Wildman–Crippen MR) is 44.7 cm³/mol. The van der Waals surface area contributed by atoms with Crippen LogP contribution in [0.5, 0.6) is 0 Å². The minimum Gasteiger partial charge on any atom is -0.271 e. The van der Waals surface area contributed by atoms with Crippen molar-refractivity contribution in [1.82, 2.24) is 10.4 Å². The van der Waals surface area contributed by atoms with Gasteiger partial charge in [-0.3, -0.25) is 16.3 Å². The molecule has 1 aromatic rings. The summed E-state index contributed by atoms with van der Waals surface area (Å²) in [4.78, 5) is 4.06. The number of nitrogens with one attached hydrogen (secondary N) is 1. The number of pyridine rings is 1. The Balaban J connectivity index is 2.86. The zero-order valence-electron chi connectivity index (χ0n) is 6.83. The van der Waals surface area contributed by atoms with Crippen LogP contribution >= 0.6 is 0 Å². The molecule has 0 spiro atoms. The highest BCUT2D eigenvalue weighted by atomic mass is 15.2. The van der Waals surface area contributed by atoms with Gasteiger partial charge in [0.25, 0.3) is 0 Å². The van der Waals surface area contributed by atoms with E-state index in [2.05, 4.69) is 16.5 Å². The van der Waals surface area contributed by atoms with Gasteiger partial charge in [-0.05, 0) is 25.0 Å². The molecule has 0 fully saturated rings. The van der Waals surface area contributed by atoms with Crippen LogP contribution in [0.15, 0.2) is 18.5 Å². The molecule has 0 saturated heterocycles. The van der Waals surface area contributed by atoms with Gasteiger partial charge < -0.3 is 0 Å². The first-order chi connectivity index (χ1) is 5.24. The van der Waals surface area contributed by atoms with Gasteiger partial charge in [-0.1, -0.05) is 6.07 Å². The summed E-state index contributed by atoms with van der Waals surface area (Å²) in [5, 5.41) is 0. The number of nitrogens with two attached hydrogens (primary N) is 1. The summed E-state index contributed by atoms with van der Waals surface area (Å²) in [6.45, 7) is 4.01. The van der Waals surface area contributed by atoms with Crippen LogP contribution in [-0.2, 0) is 0 Å². The molecule has 1 rings (SSSR count). The van der Waals surface area contributed by atoms with Crippen molar-refractivity contribution < 1.29 is 0 Å². The molecule has 11 heavy (non-hydrogen) atoms. The number of hydrogen-bond donors (Lipinski definition) is 2.